The Hall–Kier alpha value is -2.04. The Morgan fingerprint density at radius 1 is 0.970 bits per heavy atom. The minimum Gasteiger partial charge on any atom is -0.497 e. The van der Waals surface area contributed by atoms with E-state index in [1.54, 1.807) is 14.2 Å². The molecule has 0 amide bonds. The molecule has 0 saturated carbocycles. The lowest BCUT2D eigenvalue weighted by molar-refractivity contribution is 0.171. The summed E-state index contributed by atoms with van der Waals surface area (Å²) < 4.78 is 10.9. The first-order valence-electron chi connectivity index (χ1n) is 11.1. The van der Waals surface area contributed by atoms with Crippen molar-refractivity contribution >= 4 is 29.9 Å². The second-order valence-electron chi connectivity index (χ2n) is 8.40. The lowest BCUT2D eigenvalue weighted by atomic mass is 10.1. The minimum absolute atomic E-state index is 0. The third kappa shape index (κ3) is 8.04. The Morgan fingerprint density at radius 2 is 1.64 bits per heavy atom. The molecule has 1 heterocycles. The zero-order valence-corrected chi connectivity index (χ0v) is 22.8. The number of ether oxygens (including phenoxy) is 2. The standard InChI is InChI=1S/C25H37N5O2.HI/c1-26-25(27-17-20-6-8-21(9-7-20)18-28(2)3)30-14-12-29(13-15-30)19-22-16-23(31-4)10-11-24(22)32-5;/h6-11,16H,12-15,17-19H2,1-5H3,(H,26,27);1H. The van der Waals surface area contributed by atoms with Gasteiger partial charge in [-0.25, -0.2) is 0 Å². The molecule has 1 aliphatic heterocycles. The second kappa shape index (κ2) is 13.6. The highest BCUT2D eigenvalue weighted by Gasteiger charge is 2.20. The van der Waals surface area contributed by atoms with Crippen LogP contribution in [-0.4, -0.2) is 82.2 Å². The van der Waals surface area contributed by atoms with Crippen molar-refractivity contribution in [1.29, 1.82) is 0 Å². The van der Waals surface area contributed by atoms with Gasteiger partial charge in [0.05, 0.1) is 14.2 Å². The molecule has 1 fully saturated rings. The largest absolute Gasteiger partial charge is 0.497 e. The summed E-state index contributed by atoms with van der Waals surface area (Å²) in [6.45, 7) is 6.40. The average Bonchev–Trinajstić information content (AvgIpc) is 2.81. The maximum atomic E-state index is 5.54. The number of aliphatic imine (C=N–C) groups is 1. The highest BCUT2D eigenvalue weighted by Crippen LogP contribution is 2.25. The molecule has 0 bridgehead atoms. The number of halogens is 1. The molecular weight excluding hydrogens is 529 g/mol. The van der Waals surface area contributed by atoms with Gasteiger partial charge in [0, 0.05) is 58.4 Å². The Balaban J connectivity index is 0.00000385. The number of guanidine groups is 1. The fraction of sp³-hybridized carbons (Fsp3) is 0.480. The third-order valence-electron chi connectivity index (χ3n) is 5.74. The molecule has 33 heavy (non-hydrogen) atoms. The monoisotopic (exact) mass is 567 g/mol. The van der Waals surface area contributed by atoms with Gasteiger partial charge in [-0.3, -0.25) is 9.89 Å². The van der Waals surface area contributed by atoms with Gasteiger partial charge in [-0.15, -0.1) is 24.0 Å². The molecule has 0 aromatic heterocycles. The number of nitrogens with zero attached hydrogens (tertiary/aromatic N) is 4. The number of methoxy groups -OCH3 is 2. The summed E-state index contributed by atoms with van der Waals surface area (Å²) in [5, 5.41) is 3.52. The Kier molecular flexibility index (Phi) is 11.2. The van der Waals surface area contributed by atoms with Crippen molar-refractivity contribution in [3.63, 3.8) is 0 Å². The van der Waals surface area contributed by atoms with E-state index in [0.29, 0.717) is 0 Å². The summed E-state index contributed by atoms with van der Waals surface area (Å²) in [5.41, 5.74) is 3.74. The molecule has 182 valence electrons. The lowest BCUT2D eigenvalue weighted by Crippen LogP contribution is -2.52. The van der Waals surface area contributed by atoms with Crippen LogP contribution in [0.15, 0.2) is 47.5 Å². The first-order valence-corrected chi connectivity index (χ1v) is 11.1. The van der Waals surface area contributed by atoms with E-state index >= 15 is 0 Å². The number of nitrogens with one attached hydrogen (secondary N) is 1. The predicted octanol–water partition coefficient (Wildman–Crippen LogP) is 3.28. The van der Waals surface area contributed by atoms with Gasteiger partial charge < -0.3 is 24.6 Å². The zero-order chi connectivity index (χ0) is 22.9. The van der Waals surface area contributed by atoms with Crippen LogP contribution in [0.25, 0.3) is 0 Å². The first-order chi connectivity index (χ1) is 15.5. The summed E-state index contributed by atoms with van der Waals surface area (Å²) in [7, 11) is 9.45. The molecule has 8 heteroatoms. The molecular formula is C25H38IN5O2. The fourth-order valence-electron chi connectivity index (χ4n) is 4.01. The maximum Gasteiger partial charge on any atom is 0.194 e. The molecule has 2 aromatic carbocycles. The molecule has 7 nitrogen and oxygen atoms in total. The smallest absolute Gasteiger partial charge is 0.194 e. The van der Waals surface area contributed by atoms with Crippen LogP contribution in [0.4, 0.5) is 0 Å². The van der Waals surface area contributed by atoms with E-state index < -0.39 is 0 Å². The van der Waals surface area contributed by atoms with E-state index in [0.717, 1.165) is 68.8 Å². The average molecular weight is 568 g/mol. The number of piperazine rings is 1. The lowest BCUT2D eigenvalue weighted by Gasteiger charge is -2.36. The van der Waals surface area contributed by atoms with Gasteiger partial charge in [0.25, 0.3) is 0 Å². The molecule has 3 rings (SSSR count). The molecule has 1 aliphatic rings. The molecule has 0 spiro atoms. The Bertz CT molecular complexity index is 881. The van der Waals surface area contributed by atoms with Crippen molar-refractivity contribution in [2.24, 2.45) is 4.99 Å². The SMILES string of the molecule is CN=C(NCc1ccc(CN(C)C)cc1)N1CCN(Cc2cc(OC)ccc2OC)CC1.I. The van der Waals surface area contributed by atoms with Crippen molar-refractivity contribution in [2.45, 2.75) is 19.6 Å². The van der Waals surface area contributed by atoms with Crippen LogP contribution in [0.2, 0.25) is 0 Å². The summed E-state index contributed by atoms with van der Waals surface area (Å²) >= 11 is 0. The predicted molar refractivity (Wildman–Crippen MR) is 146 cm³/mol. The van der Waals surface area contributed by atoms with E-state index in [-0.39, 0.29) is 24.0 Å². The second-order valence-corrected chi connectivity index (χ2v) is 8.40. The van der Waals surface area contributed by atoms with Crippen LogP contribution < -0.4 is 14.8 Å². The molecule has 1 saturated heterocycles. The van der Waals surface area contributed by atoms with Gasteiger partial charge in [0.15, 0.2) is 5.96 Å². The van der Waals surface area contributed by atoms with Crippen LogP contribution in [0.3, 0.4) is 0 Å². The van der Waals surface area contributed by atoms with Gasteiger partial charge in [-0.1, -0.05) is 24.3 Å². The van der Waals surface area contributed by atoms with Crippen LogP contribution in [0.5, 0.6) is 11.5 Å². The van der Waals surface area contributed by atoms with E-state index in [2.05, 4.69) is 69.4 Å². The van der Waals surface area contributed by atoms with Crippen LogP contribution in [0, 0.1) is 0 Å². The molecule has 1 N–H and O–H groups in total. The highest BCUT2D eigenvalue weighted by molar-refractivity contribution is 14.0. The van der Waals surface area contributed by atoms with Crippen molar-refractivity contribution in [3.8, 4) is 11.5 Å². The zero-order valence-electron chi connectivity index (χ0n) is 20.5. The maximum absolute atomic E-state index is 5.54. The molecule has 0 unspecified atom stereocenters. The normalized spacial score (nSPS) is 14.7. The van der Waals surface area contributed by atoms with Gasteiger partial charge in [-0.05, 0) is 43.4 Å². The summed E-state index contributed by atoms with van der Waals surface area (Å²) in [6.07, 6.45) is 0. The number of hydrogen-bond acceptors (Lipinski definition) is 5. The quantitative estimate of drug-likeness (QED) is 0.301. The highest BCUT2D eigenvalue weighted by atomic mass is 127. The number of rotatable bonds is 8. The summed E-state index contributed by atoms with van der Waals surface area (Å²) in [6, 6.07) is 14.8. The molecule has 0 aliphatic carbocycles. The van der Waals surface area contributed by atoms with Crippen LogP contribution in [-0.2, 0) is 19.6 Å². The van der Waals surface area contributed by atoms with E-state index in [1.807, 2.05) is 19.2 Å². The van der Waals surface area contributed by atoms with Crippen LogP contribution >= 0.6 is 24.0 Å². The summed E-state index contributed by atoms with van der Waals surface area (Å²) in [5.74, 6) is 2.72. The number of benzene rings is 2. The fourth-order valence-corrected chi connectivity index (χ4v) is 4.01. The molecule has 0 radical (unpaired) electrons. The van der Waals surface area contributed by atoms with Crippen molar-refractivity contribution in [2.75, 3.05) is 61.5 Å². The summed E-state index contributed by atoms with van der Waals surface area (Å²) in [4.78, 5) is 11.5. The van der Waals surface area contributed by atoms with Crippen molar-refractivity contribution in [3.05, 3.63) is 59.2 Å². The molecule has 2 aromatic rings. The van der Waals surface area contributed by atoms with Crippen LogP contribution in [0.1, 0.15) is 16.7 Å². The van der Waals surface area contributed by atoms with Crippen molar-refractivity contribution in [1.82, 2.24) is 20.0 Å². The molecule has 0 atom stereocenters. The van der Waals surface area contributed by atoms with E-state index in [4.69, 9.17) is 9.47 Å². The third-order valence-corrected chi connectivity index (χ3v) is 5.74. The first kappa shape index (κ1) is 27.2. The van der Waals surface area contributed by atoms with E-state index in [9.17, 15) is 0 Å². The van der Waals surface area contributed by atoms with Gasteiger partial charge >= 0.3 is 0 Å². The minimum atomic E-state index is 0. The van der Waals surface area contributed by atoms with E-state index in [1.165, 1.54) is 11.1 Å². The topological polar surface area (TPSA) is 52.6 Å². The van der Waals surface area contributed by atoms with Gasteiger partial charge in [-0.2, -0.15) is 0 Å². The number of hydrogen-bond donors (Lipinski definition) is 1. The van der Waals surface area contributed by atoms with Gasteiger partial charge in [0.2, 0.25) is 0 Å². The van der Waals surface area contributed by atoms with Crippen molar-refractivity contribution < 1.29 is 9.47 Å². The van der Waals surface area contributed by atoms with Gasteiger partial charge in [0.1, 0.15) is 11.5 Å². The Morgan fingerprint density at radius 3 is 2.21 bits per heavy atom. The Labute approximate surface area is 215 Å².